The largest absolute Gasteiger partial charge is 0.416 e. The van der Waals surface area contributed by atoms with Crippen LogP contribution in [0.2, 0.25) is 0 Å². The number of alkyl halides is 3. The first-order valence-corrected chi connectivity index (χ1v) is 8.27. The molecule has 0 saturated heterocycles. The zero-order valence-corrected chi connectivity index (χ0v) is 14.3. The van der Waals surface area contributed by atoms with E-state index in [9.17, 15) is 13.2 Å². The van der Waals surface area contributed by atoms with Crippen molar-refractivity contribution in [1.82, 2.24) is 0 Å². The smallest absolute Gasteiger partial charge is 0.383 e. The topological polar surface area (TPSA) is 38.4 Å². The summed E-state index contributed by atoms with van der Waals surface area (Å²) in [5.74, 6) is 0.155. The van der Waals surface area contributed by atoms with E-state index in [1.54, 1.807) is 24.3 Å². The number of halogens is 3. The van der Waals surface area contributed by atoms with Gasteiger partial charge in [0.25, 0.3) is 0 Å². The van der Waals surface area contributed by atoms with Gasteiger partial charge in [0.2, 0.25) is 0 Å². The van der Waals surface area contributed by atoms with Crippen molar-refractivity contribution in [3.63, 3.8) is 0 Å². The first-order valence-electron chi connectivity index (χ1n) is 8.27. The van der Waals surface area contributed by atoms with Crippen molar-refractivity contribution in [2.24, 2.45) is 10.7 Å². The molecule has 0 aliphatic heterocycles. The van der Waals surface area contributed by atoms with E-state index in [1.165, 1.54) is 6.07 Å². The third kappa shape index (κ3) is 4.85. The summed E-state index contributed by atoms with van der Waals surface area (Å²) >= 11 is 0. The number of hydrogen-bond acceptors (Lipinski definition) is 1. The van der Waals surface area contributed by atoms with Gasteiger partial charge in [0.1, 0.15) is 5.84 Å². The Labute approximate surface area is 155 Å². The molecule has 0 atom stereocenters. The molecule has 3 aromatic carbocycles. The highest BCUT2D eigenvalue weighted by atomic mass is 19.4. The molecule has 0 amide bonds. The van der Waals surface area contributed by atoms with Gasteiger partial charge >= 0.3 is 6.18 Å². The third-order valence-electron chi connectivity index (χ3n) is 3.92. The Morgan fingerprint density at radius 2 is 1.44 bits per heavy atom. The molecule has 0 radical (unpaired) electrons. The molecular formula is C22H17F3N2. The molecule has 2 nitrogen and oxygen atoms in total. The van der Waals surface area contributed by atoms with Crippen LogP contribution >= 0.6 is 0 Å². The zero-order chi connectivity index (χ0) is 19.3. The summed E-state index contributed by atoms with van der Waals surface area (Å²) in [6.45, 7) is 0. The van der Waals surface area contributed by atoms with E-state index in [0.717, 1.165) is 17.7 Å². The zero-order valence-electron chi connectivity index (χ0n) is 14.3. The Morgan fingerprint density at radius 3 is 2.07 bits per heavy atom. The van der Waals surface area contributed by atoms with E-state index in [1.807, 2.05) is 48.5 Å². The second-order valence-electron chi connectivity index (χ2n) is 5.88. The highest BCUT2D eigenvalue weighted by molar-refractivity contribution is 6.02. The number of benzene rings is 3. The molecule has 2 N–H and O–H groups in total. The number of para-hydroxylation sites is 1. The third-order valence-corrected chi connectivity index (χ3v) is 3.92. The molecule has 0 fully saturated rings. The lowest BCUT2D eigenvalue weighted by Gasteiger charge is -2.11. The second-order valence-corrected chi connectivity index (χ2v) is 5.88. The molecule has 136 valence electrons. The van der Waals surface area contributed by atoms with Gasteiger partial charge in [0, 0.05) is 5.56 Å². The average molecular weight is 366 g/mol. The Hall–Kier alpha value is -3.34. The molecule has 0 heterocycles. The molecule has 0 aliphatic carbocycles. The Bertz CT molecular complexity index is 960. The van der Waals surface area contributed by atoms with Gasteiger partial charge in [-0.3, -0.25) is 0 Å². The number of aliphatic imine (C=N–C) groups is 1. The van der Waals surface area contributed by atoms with Gasteiger partial charge in [-0.25, -0.2) is 4.99 Å². The minimum Gasteiger partial charge on any atom is -0.383 e. The van der Waals surface area contributed by atoms with Gasteiger partial charge in [0.15, 0.2) is 0 Å². The maximum Gasteiger partial charge on any atom is 0.416 e. The number of nitrogens with two attached hydrogens (primary N) is 1. The summed E-state index contributed by atoms with van der Waals surface area (Å²) < 4.78 is 39.4. The van der Waals surface area contributed by atoms with Crippen molar-refractivity contribution < 1.29 is 13.2 Å². The lowest BCUT2D eigenvalue weighted by atomic mass is 10.0. The van der Waals surface area contributed by atoms with E-state index >= 15 is 0 Å². The number of rotatable bonds is 4. The molecule has 27 heavy (non-hydrogen) atoms. The van der Waals surface area contributed by atoms with Crippen LogP contribution in [0.15, 0.2) is 83.9 Å². The van der Waals surface area contributed by atoms with Crippen molar-refractivity contribution in [3.8, 4) is 0 Å². The average Bonchev–Trinajstić information content (AvgIpc) is 2.67. The summed E-state index contributed by atoms with van der Waals surface area (Å²) in [6, 6.07) is 21.8. The van der Waals surface area contributed by atoms with E-state index in [2.05, 4.69) is 4.99 Å². The van der Waals surface area contributed by atoms with E-state index in [-0.39, 0.29) is 5.84 Å². The fourth-order valence-electron chi connectivity index (χ4n) is 2.56. The van der Waals surface area contributed by atoms with E-state index in [4.69, 9.17) is 5.73 Å². The molecule has 0 aliphatic rings. The molecule has 3 rings (SSSR count). The van der Waals surface area contributed by atoms with Crippen LogP contribution in [0, 0.1) is 0 Å². The lowest BCUT2D eigenvalue weighted by Crippen LogP contribution is -2.15. The van der Waals surface area contributed by atoms with Crippen LogP contribution in [0.3, 0.4) is 0 Å². The van der Waals surface area contributed by atoms with Crippen molar-refractivity contribution in [1.29, 1.82) is 0 Å². The van der Waals surface area contributed by atoms with Crippen LogP contribution in [0.1, 0.15) is 22.3 Å². The normalized spacial score (nSPS) is 12.5. The molecule has 0 unspecified atom stereocenters. The molecular weight excluding hydrogens is 349 g/mol. The Morgan fingerprint density at radius 1 is 0.815 bits per heavy atom. The SMILES string of the molecule is NC(=Nc1ccccc1)c1ccc(C(F)(F)F)cc1C=Cc1ccccc1. The molecule has 5 heteroatoms. The van der Waals surface area contributed by atoms with Gasteiger partial charge in [-0.2, -0.15) is 13.2 Å². The Kier molecular flexibility index (Phi) is 5.41. The van der Waals surface area contributed by atoms with Crippen molar-refractivity contribution in [3.05, 3.63) is 101 Å². The first-order chi connectivity index (χ1) is 12.9. The van der Waals surface area contributed by atoms with Crippen molar-refractivity contribution >= 4 is 23.7 Å². The van der Waals surface area contributed by atoms with Crippen molar-refractivity contribution in [2.45, 2.75) is 6.18 Å². The molecule has 0 aromatic heterocycles. The minimum absolute atomic E-state index is 0.155. The number of amidine groups is 1. The predicted octanol–water partition coefficient (Wildman–Crippen LogP) is 5.91. The van der Waals surface area contributed by atoms with E-state index < -0.39 is 11.7 Å². The summed E-state index contributed by atoms with van der Waals surface area (Å²) in [4.78, 5) is 4.32. The molecule has 3 aromatic rings. The second kappa shape index (κ2) is 7.91. The molecule has 0 bridgehead atoms. The van der Waals surface area contributed by atoms with Gasteiger partial charge in [0.05, 0.1) is 11.3 Å². The fraction of sp³-hybridized carbons (Fsp3) is 0.0455. The Balaban J connectivity index is 2.04. The fourth-order valence-corrected chi connectivity index (χ4v) is 2.56. The van der Waals surface area contributed by atoms with Gasteiger partial charge in [-0.05, 0) is 35.4 Å². The number of hydrogen-bond donors (Lipinski definition) is 1. The summed E-state index contributed by atoms with van der Waals surface area (Å²) in [5, 5.41) is 0. The van der Waals surface area contributed by atoms with Crippen LogP contribution in [0.25, 0.3) is 12.2 Å². The lowest BCUT2D eigenvalue weighted by molar-refractivity contribution is -0.137. The molecule has 0 spiro atoms. The minimum atomic E-state index is -4.43. The maximum atomic E-state index is 13.1. The highest BCUT2D eigenvalue weighted by Crippen LogP contribution is 2.31. The summed E-state index contributed by atoms with van der Waals surface area (Å²) in [6.07, 6.45) is -1.07. The van der Waals surface area contributed by atoms with Crippen LogP contribution in [0.4, 0.5) is 18.9 Å². The van der Waals surface area contributed by atoms with Crippen LogP contribution < -0.4 is 5.73 Å². The van der Waals surface area contributed by atoms with Gasteiger partial charge in [-0.1, -0.05) is 66.7 Å². The summed E-state index contributed by atoms with van der Waals surface area (Å²) in [7, 11) is 0. The van der Waals surface area contributed by atoms with E-state index in [0.29, 0.717) is 16.8 Å². The number of nitrogens with zero attached hydrogens (tertiary/aromatic N) is 1. The molecule has 0 saturated carbocycles. The van der Waals surface area contributed by atoms with Gasteiger partial charge in [-0.15, -0.1) is 0 Å². The quantitative estimate of drug-likeness (QED) is 0.348. The maximum absolute atomic E-state index is 13.1. The van der Waals surface area contributed by atoms with Gasteiger partial charge < -0.3 is 5.73 Å². The highest BCUT2D eigenvalue weighted by Gasteiger charge is 2.31. The monoisotopic (exact) mass is 366 g/mol. The predicted molar refractivity (Wildman–Crippen MR) is 104 cm³/mol. The van der Waals surface area contributed by atoms with Crippen molar-refractivity contribution in [2.75, 3.05) is 0 Å². The first kappa shape index (κ1) is 18.5. The standard InChI is InChI=1S/C22H17F3N2/c23-22(24,25)18-13-14-20(21(26)27-19-9-5-2-6-10-19)17(15-18)12-11-16-7-3-1-4-8-16/h1-15H,(H2,26,27). The van der Waals surface area contributed by atoms with Crippen LogP contribution in [-0.2, 0) is 6.18 Å². The summed E-state index contributed by atoms with van der Waals surface area (Å²) in [5.41, 5.74) is 7.66. The van der Waals surface area contributed by atoms with Crippen LogP contribution in [0.5, 0.6) is 0 Å². The van der Waals surface area contributed by atoms with Crippen LogP contribution in [-0.4, -0.2) is 5.84 Å².